The average molecular weight is 483 g/mol. The minimum absolute atomic E-state index is 0.0446. The number of rotatable bonds is 7. The lowest BCUT2D eigenvalue weighted by atomic mass is 10.2. The number of hydrogen-bond donors (Lipinski definition) is 2. The number of thioether (sulfide) groups is 1. The molecule has 5 heterocycles. The van der Waals surface area contributed by atoms with Crippen LogP contribution in [0.4, 0.5) is 10.2 Å². The predicted molar refractivity (Wildman–Crippen MR) is 132 cm³/mol. The molecule has 10 heteroatoms. The van der Waals surface area contributed by atoms with Crippen LogP contribution in [0, 0.1) is 5.82 Å². The van der Waals surface area contributed by atoms with Crippen molar-refractivity contribution >= 4 is 28.6 Å². The van der Waals surface area contributed by atoms with Crippen molar-refractivity contribution in [3.63, 3.8) is 0 Å². The molecule has 2 aliphatic heterocycles. The van der Waals surface area contributed by atoms with Crippen molar-refractivity contribution in [1.29, 1.82) is 0 Å². The topological polar surface area (TPSA) is 84.3 Å². The summed E-state index contributed by atoms with van der Waals surface area (Å²) in [6.45, 7) is 8.66. The summed E-state index contributed by atoms with van der Waals surface area (Å²) in [5.41, 5.74) is 2.91. The summed E-state index contributed by atoms with van der Waals surface area (Å²) >= 11 is 1.74. The van der Waals surface area contributed by atoms with Crippen LogP contribution < -0.4 is 16.2 Å². The fraction of sp³-hybridized carbons (Fsp3) is 0.375. The van der Waals surface area contributed by atoms with Gasteiger partial charge in [0.25, 0.3) is 5.56 Å². The molecular weight excluding hydrogens is 455 g/mol. The number of aromatic nitrogens is 3. The van der Waals surface area contributed by atoms with E-state index in [1.807, 2.05) is 6.07 Å². The predicted octanol–water partition coefficient (Wildman–Crippen LogP) is 2.45. The molecule has 5 rings (SSSR count). The van der Waals surface area contributed by atoms with Gasteiger partial charge in [-0.2, -0.15) is 0 Å². The molecule has 0 radical (unpaired) electrons. The van der Waals surface area contributed by atoms with E-state index >= 15 is 0 Å². The lowest BCUT2D eigenvalue weighted by Gasteiger charge is -2.33. The zero-order chi connectivity index (χ0) is 23.5. The van der Waals surface area contributed by atoms with Crippen LogP contribution >= 0.6 is 11.8 Å². The van der Waals surface area contributed by atoms with Crippen molar-refractivity contribution in [2.75, 3.05) is 43.9 Å². The summed E-state index contributed by atoms with van der Waals surface area (Å²) in [6, 6.07) is 8.63. The van der Waals surface area contributed by atoms with E-state index in [0.29, 0.717) is 43.8 Å². The van der Waals surface area contributed by atoms with Crippen molar-refractivity contribution < 1.29 is 9.13 Å². The normalized spacial score (nSPS) is 18.6. The molecule has 34 heavy (non-hydrogen) atoms. The Hall–Kier alpha value is -2.79. The maximum Gasteiger partial charge on any atom is 0.251 e. The van der Waals surface area contributed by atoms with Crippen LogP contribution in [0.3, 0.4) is 0 Å². The minimum Gasteiger partial charge on any atom is -0.374 e. The fourth-order valence-corrected chi connectivity index (χ4v) is 5.04. The van der Waals surface area contributed by atoms with Crippen LogP contribution in [-0.4, -0.2) is 64.1 Å². The van der Waals surface area contributed by atoms with Gasteiger partial charge in [0, 0.05) is 62.9 Å². The van der Waals surface area contributed by atoms with Gasteiger partial charge in [-0.1, -0.05) is 6.58 Å². The molecule has 0 amide bonds. The Labute approximate surface area is 201 Å². The Bertz CT molecular complexity index is 1270. The van der Waals surface area contributed by atoms with Crippen molar-refractivity contribution in [3.05, 3.63) is 70.7 Å². The zero-order valence-corrected chi connectivity index (χ0v) is 19.6. The van der Waals surface area contributed by atoms with Crippen LogP contribution in [0.5, 0.6) is 0 Å². The number of pyridine rings is 3. The van der Waals surface area contributed by atoms with Gasteiger partial charge in [0.1, 0.15) is 11.6 Å². The number of morpholine rings is 1. The van der Waals surface area contributed by atoms with E-state index in [2.05, 4.69) is 33.2 Å². The molecule has 2 N–H and O–H groups in total. The number of nitrogens with zero attached hydrogens (tertiary/aromatic N) is 4. The average Bonchev–Trinajstić information content (AvgIpc) is 2.83. The van der Waals surface area contributed by atoms with E-state index in [4.69, 9.17) is 9.72 Å². The van der Waals surface area contributed by atoms with Gasteiger partial charge >= 0.3 is 0 Å². The number of fused-ring (bicyclic) bond motifs is 2. The van der Waals surface area contributed by atoms with Gasteiger partial charge in [-0.05, 0) is 18.2 Å². The Kier molecular flexibility index (Phi) is 6.91. The summed E-state index contributed by atoms with van der Waals surface area (Å²) in [7, 11) is 0. The highest BCUT2D eigenvalue weighted by Crippen LogP contribution is 2.32. The molecule has 0 bridgehead atoms. The molecule has 1 saturated heterocycles. The van der Waals surface area contributed by atoms with Crippen molar-refractivity contribution in [1.82, 2.24) is 24.8 Å². The Morgan fingerprint density at radius 3 is 3.12 bits per heavy atom. The lowest BCUT2D eigenvalue weighted by molar-refractivity contribution is -0.0280. The van der Waals surface area contributed by atoms with E-state index in [0.717, 1.165) is 40.9 Å². The van der Waals surface area contributed by atoms with E-state index in [9.17, 15) is 9.18 Å². The quantitative estimate of drug-likeness (QED) is 0.531. The molecule has 2 aliphatic rings. The second-order valence-corrected chi connectivity index (χ2v) is 9.49. The molecule has 178 valence electrons. The molecule has 1 atom stereocenters. The minimum atomic E-state index is -0.447. The first-order valence-electron chi connectivity index (χ1n) is 11.3. The second-order valence-electron chi connectivity index (χ2n) is 8.47. The first kappa shape index (κ1) is 23.0. The molecule has 3 aromatic heterocycles. The van der Waals surface area contributed by atoms with Crippen LogP contribution in [0.25, 0.3) is 11.0 Å². The van der Waals surface area contributed by atoms with Crippen LogP contribution in [0.2, 0.25) is 0 Å². The Morgan fingerprint density at radius 2 is 2.21 bits per heavy atom. The van der Waals surface area contributed by atoms with Gasteiger partial charge in [-0.15, -0.1) is 11.8 Å². The second kappa shape index (κ2) is 10.2. The molecule has 8 nitrogen and oxygen atoms in total. The summed E-state index contributed by atoms with van der Waals surface area (Å²) in [6.07, 6.45) is 1.21. The summed E-state index contributed by atoms with van der Waals surface area (Å²) in [5.74, 6) is 1.29. The molecule has 0 aromatic carbocycles. The molecule has 0 aliphatic carbocycles. The molecule has 3 aromatic rings. The van der Waals surface area contributed by atoms with Crippen LogP contribution in [-0.2, 0) is 17.8 Å². The van der Waals surface area contributed by atoms with Gasteiger partial charge < -0.3 is 19.9 Å². The van der Waals surface area contributed by atoms with E-state index < -0.39 is 5.82 Å². The SMILES string of the molecule is C=C1CSc2ccc(CNC[C@H]3CN(CCn4c(=O)ccc5ncc(F)cc54)CCO3)nc2N1. The number of anilines is 1. The zero-order valence-electron chi connectivity index (χ0n) is 18.8. The third kappa shape index (κ3) is 5.30. The third-order valence-electron chi connectivity index (χ3n) is 5.96. The number of ether oxygens (including phenoxy) is 1. The van der Waals surface area contributed by atoms with Gasteiger partial charge in [0.2, 0.25) is 0 Å². The largest absolute Gasteiger partial charge is 0.374 e. The molecule has 0 spiro atoms. The van der Waals surface area contributed by atoms with Crippen molar-refractivity contribution in [3.8, 4) is 0 Å². The van der Waals surface area contributed by atoms with Crippen LogP contribution in [0.1, 0.15) is 5.69 Å². The van der Waals surface area contributed by atoms with Crippen molar-refractivity contribution in [2.24, 2.45) is 0 Å². The van der Waals surface area contributed by atoms with Crippen molar-refractivity contribution in [2.45, 2.75) is 24.1 Å². The number of halogens is 1. The Morgan fingerprint density at radius 1 is 1.29 bits per heavy atom. The number of nitrogens with one attached hydrogen (secondary N) is 2. The van der Waals surface area contributed by atoms with Gasteiger partial charge in [-0.3, -0.25) is 14.7 Å². The standard InChI is InChI=1S/C24H27FN6O2S/c1-16-15-34-22-4-2-18(29-24(22)28-16)12-26-13-19-14-30(8-9-33-19)6-7-31-21-10-17(25)11-27-20(21)3-5-23(31)32/h2-5,10-11,19,26H,1,6-9,12-15H2,(H,28,29)/t19-/m0/s1. The van der Waals surface area contributed by atoms with Gasteiger partial charge in [0.05, 0.1) is 40.5 Å². The van der Waals surface area contributed by atoms with E-state index in [1.54, 1.807) is 22.4 Å². The maximum absolute atomic E-state index is 13.7. The number of hydrogen-bond acceptors (Lipinski definition) is 8. The van der Waals surface area contributed by atoms with Gasteiger partial charge in [0.15, 0.2) is 0 Å². The smallest absolute Gasteiger partial charge is 0.251 e. The highest BCUT2D eigenvalue weighted by Gasteiger charge is 2.21. The first-order chi connectivity index (χ1) is 16.5. The lowest BCUT2D eigenvalue weighted by Crippen LogP contribution is -2.47. The monoisotopic (exact) mass is 482 g/mol. The summed E-state index contributed by atoms with van der Waals surface area (Å²) < 4.78 is 21.2. The fourth-order valence-electron chi connectivity index (χ4n) is 4.24. The van der Waals surface area contributed by atoms with E-state index in [-0.39, 0.29) is 11.7 Å². The third-order valence-corrected chi connectivity index (χ3v) is 7.09. The van der Waals surface area contributed by atoms with E-state index in [1.165, 1.54) is 18.3 Å². The van der Waals surface area contributed by atoms with Crippen LogP contribution in [0.15, 0.2) is 58.5 Å². The maximum atomic E-state index is 13.7. The molecule has 0 unspecified atom stereocenters. The highest BCUT2D eigenvalue weighted by molar-refractivity contribution is 7.99. The first-order valence-corrected chi connectivity index (χ1v) is 12.3. The summed E-state index contributed by atoms with van der Waals surface area (Å²) in [5, 5.41) is 6.70. The Balaban J connectivity index is 1.14. The molecule has 1 fully saturated rings. The molecule has 0 saturated carbocycles. The highest BCUT2D eigenvalue weighted by atomic mass is 32.2. The molecular formula is C24H27FN6O2S. The summed E-state index contributed by atoms with van der Waals surface area (Å²) in [4.78, 5) is 24.6. The van der Waals surface area contributed by atoms with Gasteiger partial charge in [-0.25, -0.2) is 9.37 Å².